The highest BCUT2D eigenvalue weighted by Gasteiger charge is 2.35. The fraction of sp³-hybridized carbons (Fsp3) is 0.227. The summed E-state index contributed by atoms with van der Waals surface area (Å²) in [6.07, 6.45) is 1.43. The summed E-state index contributed by atoms with van der Waals surface area (Å²) in [5.74, 6) is 1.07. The molecule has 1 aliphatic rings. The van der Waals surface area contributed by atoms with Crippen LogP contribution in [0.5, 0.6) is 11.5 Å². The third-order valence-corrected chi connectivity index (χ3v) is 6.05. The lowest BCUT2D eigenvalue weighted by Crippen LogP contribution is -2.29. The first kappa shape index (κ1) is 22.2. The highest BCUT2D eigenvalue weighted by Crippen LogP contribution is 2.43. The van der Waals surface area contributed by atoms with Gasteiger partial charge in [0.1, 0.15) is 19.0 Å². The first-order valence-electron chi connectivity index (χ1n) is 9.63. The molecule has 1 N–H and O–H groups in total. The number of hydrogen-bond acceptors (Lipinski definition) is 7. The van der Waals surface area contributed by atoms with E-state index in [1.165, 1.54) is 13.4 Å². The van der Waals surface area contributed by atoms with E-state index in [9.17, 15) is 4.79 Å². The van der Waals surface area contributed by atoms with Crippen LogP contribution in [0.15, 0.2) is 58.5 Å². The molecule has 0 aliphatic carbocycles. The van der Waals surface area contributed by atoms with Gasteiger partial charge < -0.3 is 19.5 Å². The van der Waals surface area contributed by atoms with Crippen molar-refractivity contribution in [2.24, 2.45) is 0 Å². The van der Waals surface area contributed by atoms with E-state index in [1.54, 1.807) is 18.7 Å². The van der Waals surface area contributed by atoms with Gasteiger partial charge in [-0.15, -0.1) is 0 Å². The van der Waals surface area contributed by atoms with Crippen LogP contribution in [-0.2, 0) is 16.1 Å². The van der Waals surface area contributed by atoms with Crippen LogP contribution in [0.4, 0.5) is 5.95 Å². The molecule has 1 aliphatic heterocycles. The number of rotatable bonds is 6. The number of nitrogens with zero attached hydrogens (tertiary/aromatic N) is 3. The number of nitrogens with one attached hydrogen (secondary N) is 1. The number of halogens is 2. The van der Waals surface area contributed by atoms with Crippen molar-refractivity contribution in [2.45, 2.75) is 19.6 Å². The van der Waals surface area contributed by atoms with Crippen LogP contribution in [0.1, 0.15) is 24.1 Å². The van der Waals surface area contributed by atoms with Crippen LogP contribution in [0.3, 0.4) is 0 Å². The van der Waals surface area contributed by atoms with Crippen molar-refractivity contribution < 1.29 is 19.0 Å². The molecule has 166 valence electrons. The second-order valence-electron chi connectivity index (χ2n) is 7.00. The highest BCUT2D eigenvalue weighted by atomic mass is 79.9. The Kier molecular flexibility index (Phi) is 6.38. The SMILES string of the molecule is COC(=O)C1=C(C)Nc2ncnn2[C@H]1c1cc(Br)c(OCc2ccccc2Cl)c(OC)c1. The Labute approximate surface area is 198 Å². The maximum atomic E-state index is 12.6. The number of fused-ring (bicyclic) bond motifs is 1. The molecule has 2 aromatic carbocycles. The molecule has 0 saturated heterocycles. The lowest BCUT2D eigenvalue weighted by atomic mass is 9.95. The lowest BCUT2D eigenvalue weighted by Gasteiger charge is -2.28. The number of benzene rings is 2. The zero-order chi connectivity index (χ0) is 22.8. The molecule has 0 radical (unpaired) electrons. The largest absolute Gasteiger partial charge is 0.493 e. The number of esters is 1. The summed E-state index contributed by atoms with van der Waals surface area (Å²) < 4.78 is 19.0. The van der Waals surface area contributed by atoms with Crippen molar-refractivity contribution in [3.05, 3.63) is 74.6 Å². The minimum Gasteiger partial charge on any atom is -0.493 e. The van der Waals surface area contributed by atoms with Gasteiger partial charge in [0, 0.05) is 16.3 Å². The van der Waals surface area contributed by atoms with Gasteiger partial charge >= 0.3 is 5.97 Å². The zero-order valence-corrected chi connectivity index (χ0v) is 19.9. The van der Waals surface area contributed by atoms with Crippen LogP contribution in [0, 0.1) is 0 Å². The monoisotopic (exact) mass is 518 g/mol. The molecule has 1 aromatic heterocycles. The van der Waals surface area contributed by atoms with Gasteiger partial charge in [0.15, 0.2) is 11.5 Å². The Morgan fingerprint density at radius 1 is 1.28 bits per heavy atom. The zero-order valence-electron chi connectivity index (χ0n) is 17.6. The standard InChI is InChI=1S/C22H20BrClN4O4/c1-12-18(21(29)31-3)19(28-22(27-12)25-11-26-28)14-8-15(23)20(17(9-14)30-2)32-10-13-6-4-5-7-16(13)24/h4-9,11,19H,10H2,1-3H3,(H,25,26,27)/t19-/m0/s1. The summed E-state index contributed by atoms with van der Waals surface area (Å²) in [7, 11) is 2.90. The van der Waals surface area contributed by atoms with Crippen LogP contribution >= 0.6 is 27.5 Å². The summed E-state index contributed by atoms with van der Waals surface area (Å²) >= 11 is 9.83. The van der Waals surface area contributed by atoms with E-state index >= 15 is 0 Å². The Morgan fingerprint density at radius 2 is 2.06 bits per heavy atom. The molecule has 0 spiro atoms. The van der Waals surface area contributed by atoms with E-state index in [0.29, 0.717) is 38.2 Å². The molecule has 32 heavy (non-hydrogen) atoms. The predicted octanol–water partition coefficient (Wildman–Crippen LogP) is 4.74. The average Bonchev–Trinajstić information content (AvgIpc) is 3.25. The van der Waals surface area contributed by atoms with Crippen molar-refractivity contribution in [3.63, 3.8) is 0 Å². The quantitative estimate of drug-likeness (QED) is 0.471. The Morgan fingerprint density at radius 3 is 2.78 bits per heavy atom. The van der Waals surface area contributed by atoms with Gasteiger partial charge in [0.2, 0.25) is 5.95 Å². The van der Waals surface area contributed by atoms with Gasteiger partial charge in [0.05, 0.1) is 24.3 Å². The van der Waals surface area contributed by atoms with E-state index in [2.05, 4.69) is 31.3 Å². The number of hydrogen-bond donors (Lipinski definition) is 1. The first-order valence-corrected chi connectivity index (χ1v) is 10.8. The molecule has 2 heterocycles. The number of allylic oxidation sites excluding steroid dienone is 1. The van der Waals surface area contributed by atoms with Crippen molar-refractivity contribution in [3.8, 4) is 11.5 Å². The van der Waals surface area contributed by atoms with Crippen LogP contribution in [0.25, 0.3) is 0 Å². The Balaban J connectivity index is 1.75. The molecule has 0 saturated carbocycles. The van der Waals surface area contributed by atoms with Crippen molar-refractivity contribution in [1.29, 1.82) is 0 Å². The van der Waals surface area contributed by atoms with Gasteiger partial charge in [-0.3, -0.25) is 0 Å². The van der Waals surface area contributed by atoms with E-state index in [-0.39, 0.29) is 6.61 Å². The molecule has 0 bridgehead atoms. The normalized spacial score (nSPS) is 15.1. The van der Waals surface area contributed by atoms with E-state index in [0.717, 1.165) is 11.1 Å². The maximum absolute atomic E-state index is 12.6. The fourth-order valence-corrected chi connectivity index (χ4v) is 4.34. The number of ether oxygens (including phenoxy) is 3. The van der Waals surface area contributed by atoms with E-state index in [4.69, 9.17) is 25.8 Å². The summed E-state index contributed by atoms with van der Waals surface area (Å²) in [6, 6.07) is 10.6. The smallest absolute Gasteiger partial charge is 0.338 e. The minimum absolute atomic E-state index is 0.265. The van der Waals surface area contributed by atoms with Gasteiger partial charge in [-0.1, -0.05) is 29.8 Å². The van der Waals surface area contributed by atoms with Gasteiger partial charge in [-0.2, -0.15) is 10.1 Å². The molecule has 8 nitrogen and oxygen atoms in total. The highest BCUT2D eigenvalue weighted by molar-refractivity contribution is 9.10. The third kappa shape index (κ3) is 4.05. The van der Waals surface area contributed by atoms with Crippen LogP contribution in [-0.4, -0.2) is 35.0 Å². The van der Waals surface area contributed by atoms with Gasteiger partial charge in [-0.25, -0.2) is 9.48 Å². The first-order chi connectivity index (χ1) is 15.4. The molecular formula is C22H20BrClN4O4. The molecule has 10 heteroatoms. The molecule has 0 fully saturated rings. The summed E-state index contributed by atoms with van der Waals surface area (Å²) in [4.78, 5) is 16.9. The molecule has 4 rings (SSSR count). The van der Waals surface area contributed by atoms with Gasteiger partial charge in [0.25, 0.3) is 0 Å². The molecule has 0 unspecified atom stereocenters. The van der Waals surface area contributed by atoms with Crippen molar-refractivity contribution in [1.82, 2.24) is 14.8 Å². The van der Waals surface area contributed by atoms with E-state index in [1.807, 2.05) is 36.4 Å². The fourth-order valence-electron chi connectivity index (χ4n) is 3.58. The predicted molar refractivity (Wildman–Crippen MR) is 123 cm³/mol. The van der Waals surface area contributed by atoms with E-state index < -0.39 is 12.0 Å². The Hall–Kier alpha value is -3.04. The second-order valence-corrected chi connectivity index (χ2v) is 8.26. The minimum atomic E-state index is -0.566. The number of methoxy groups -OCH3 is 2. The summed E-state index contributed by atoms with van der Waals surface area (Å²) in [5, 5.41) is 8.02. The summed E-state index contributed by atoms with van der Waals surface area (Å²) in [5.41, 5.74) is 2.65. The van der Waals surface area contributed by atoms with Crippen LogP contribution < -0.4 is 14.8 Å². The molecule has 0 amide bonds. The van der Waals surface area contributed by atoms with Gasteiger partial charge in [-0.05, 0) is 46.6 Å². The Bertz CT molecular complexity index is 1210. The number of anilines is 1. The van der Waals surface area contributed by atoms with Crippen LogP contribution in [0.2, 0.25) is 5.02 Å². The maximum Gasteiger partial charge on any atom is 0.338 e. The topological polar surface area (TPSA) is 87.5 Å². The number of carbonyl (C=O) groups is 1. The lowest BCUT2D eigenvalue weighted by molar-refractivity contribution is -0.136. The molecular weight excluding hydrogens is 500 g/mol. The number of aromatic nitrogens is 3. The average molecular weight is 520 g/mol. The van der Waals surface area contributed by atoms with Crippen molar-refractivity contribution in [2.75, 3.05) is 19.5 Å². The molecule has 3 aromatic rings. The second kappa shape index (κ2) is 9.22. The third-order valence-electron chi connectivity index (χ3n) is 5.10. The molecule has 1 atom stereocenters. The summed E-state index contributed by atoms with van der Waals surface area (Å²) in [6.45, 7) is 2.06. The van der Waals surface area contributed by atoms with Crippen molar-refractivity contribution >= 4 is 39.4 Å². The number of carbonyl (C=O) groups excluding carboxylic acids is 1.